The molecule has 0 aromatic carbocycles. The summed E-state index contributed by atoms with van der Waals surface area (Å²) in [7, 11) is 0. The Bertz CT molecular complexity index is 179. The van der Waals surface area contributed by atoms with Crippen LogP contribution in [0, 0.1) is 0 Å². The summed E-state index contributed by atoms with van der Waals surface area (Å²) in [5.74, 6) is 0. The topological polar surface area (TPSA) is 27.3 Å². The summed E-state index contributed by atoms with van der Waals surface area (Å²) in [4.78, 5) is 0. The van der Waals surface area contributed by atoms with E-state index in [2.05, 4.69) is 31.5 Å². The highest BCUT2D eigenvalue weighted by molar-refractivity contribution is 7.80. The summed E-state index contributed by atoms with van der Waals surface area (Å²) in [6, 6.07) is 0. The van der Waals surface area contributed by atoms with Crippen molar-refractivity contribution in [3.8, 4) is 0 Å². The van der Waals surface area contributed by atoms with Gasteiger partial charge in [0.15, 0.2) is 5.11 Å². The maximum Gasteiger partial charge on any atom is 0.185 e. The van der Waals surface area contributed by atoms with Gasteiger partial charge < -0.3 is 5.32 Å². The number of thiocarbonyl (C=S) groups is 1. The predicted octanol–water partition coefficient (Wildman–Crippen LogP) is 1.22. The van der Waals surface area contributed by atoms with E-state index in [1.165, 1.54) is 12.8 Å². The van der Waals surface area contributed by atoms with Gasteiger partial charge in [0.25, 0.3) is 0 Å². The van der Waals surface area contributed by atoms with Gasteiger partial charge in [0.1, 0.15) is 5.66 Å². The summed E-state index contributed by atoms with van der Waals surface area (Å²) in [6.07, 6.45) is 2.37. The number of unbranched alkanes of at least 4 members (excludes halogenated alkanes) is 1. The third kappa shape index (κ3) is 2.32. The van der Waals surface area contributed by atoms with E-state index >= 15 is 0 Å². The highest BCUT2D eigenvalue weighted by Crippen LogP contribution is 2.08. The highest BCUT2D eigenvalue weighted by atomic mass is 32.1. The standard InChI is InChI=1S/C8H17N3S/c1-4-5-6-11-7(12)9-8(2,3)10-11/h10H,4-6H2,1-3H3,(H,9,12). The smallest absolute Gasteiger partial charge is 0.185 e. The first-order valence-corrected chi connectivity index (χ1v) is 4.83. The van der Waals surface area contributed by atoms with E-state index in [-0.39, 0.29) is 5.66 Å². The van der Waals surface area contributed by atoms with Crippen LogP contribution in [-0.4, -0.2) is 22.3 Å². The zero-order valence-corrected chi connectivity index (χ0v) is 8.79. The van der Waals surface area contributed by atoms with Crippen molar-refractivity contribution in [3.63, 3.8) is 0 Å². The second kappa shape index (κ2) is 3.58. The van der Waals surface area contributed by atoms with Crippen LogP contribution in [0.15, 0.2) is 0 Å². The second-order valence-electron chi connectivity index (χ2n) is 3.67. The average Bonchev–Trinajstić information content (AvgIpc) is 2.20. The number of hydrogen-bond donors (Lipinski definition) is 2. The lowest BCUT2D eigenvalue weighted by atomic mass is 10.3. The molecule has 0 spiro atoms. The molecule has 12 heavy (non-hydrogen) atoms. The minimum Gasteiger partial charge on any atom is -0.343 e. The molecule has 0 radical (unpaired) electrons. The van der Waals surface area contributed by atoms with Crippen molar-refractivity contribution in [2.75, 3.05) is 6.54 Å². The van der Waals surface area contributed by atoms with Crippen LogP contribution in [0.1, 0.15) is 33.6 Å². The molecule has 0 aromatic rings. The van der Waals surface area contributed by atoms with Crippen molar-refractivity contribution in [1.29, 1.82) is 0 Å². The van der Waals surface area contributed by atoms with Crippen molar-refractivity contribution in [3.05, 3.63) is 0 Å². The monoisotopic (exact) mass is 187 g/mol. The Balaban J connectivity index is 2.42. The first-order chi connectivity index (χ1) is 5.55. The first-order valence-electron chi connectivity index (χ1n) is 4.42. The van der Waals surface area contributed by atoms with Crippen LogP contribution < -0.4 is 10.7 Å². The Morgan fingerprint density at radius 2 is 2.17 bits per heavy atom. The Morgan fingerprint density at radius 3 is 2.58 bits per heavy atom. The van der Waals surface area contributed by atoms with Gasteiger partial charge in [0.05, 0.1) is 0 Å². The van der Waals surface area contributed by atoms with Crippen LogP contribution in [0.5, 0.6) is 0 Å². The SMILES string of the molecule is CCCCN1NC(C)(C)NC1=S. The molecule has 0 atom stereocenters. The first kappa shape index (κ1) is 9.74. The van der Waals surface area contributed by atoms with Crippen molar-refractivity contribution in [1.82, 2.24) is 15.8 Å². The largest absolute Gasteiger partial charge is 0.343 e. The van der Waals surface area contributed by atoms with E-state index in [4.69, 9.17) is 12.2 Å². The van der Waals surface area contributed by atoms with Crippen LogP contribution in [0.2, 0.25) is 0 Å². The Hall–Kier alpha value is -0.350. The summed E-state index contributed by atoms with van der Waals surface area (Å²) in [6.45, 7) is 7.32. The fourth-order valence-electron chi connectivity index (χ4n) is 1.22. The van der Waals surface area contributed by atoms with Crippen LogP contribution in [-0.2, 0) is 0 Å². The molecule has 1 saturated heterocycles. The van der Waals surface area contributed by atoms with Crippen LogP contribution in [0.4, 0.5) is 0 Å². The molecule has 0 saturated carbocycles. The fourth-order valence-corrected chi connectivity index (χ4v) is 1.62. The van der Waals surface area contributed by atoms with Gasteiger partial charge in [-0.3, -0.25) is 5.01 Å². The Morgan fingerprint density at radius 1 is 1.50 bits per heavy atom. The molecule has 70 valence electrons. The lowest BCUT2D eigenvalue weighted by Crippen LogP contribution is -2.45. The zero-order chi connectivity index (χ0) is 9.19. The average molecular weight is 187 g/mol. The third-order valence-corrected chi connectivity index (χ3v) is 2.14. The lowest BCUT2D eigenvalue weighted by Gasteiger charge is -2.20. The summed E-state index contributed by atoms with van der Waals surface area (Å²) >= 11 is 5.16. The third-order valence-electron chi connectivity index (χ3n) is 1.81. The summed E-state index contributed by atoms with van der Waals surface area (Å²) < 4.78 is 0. The normalized spacial score (nSPS) is 21.2. The molecule has 1 aliphatic heterocycles. The highest BCUT2D eigenvalue weighted by Gasteiger charge is 2.30. The molecule has 0 aromatic heterocycles. The maximum absolute atomic E-state index is 5.16. The Labute approximate surface area is 79.5 Å². The Kier molecular flexibility index (Phi) is 2.90. The molecule has 4 heteroatoms. The minimum absolute atomic E-state index is 0.0785. The molecule has 1 aliphatic rings. The van der Waals surface area contributed by atoms with E-state index in [0.29, 0.717) is 0 Å². The molecule has 3 nitrogen and oxygen atoms in total. The molecule has 0 bridgehead atoms. The predicted molar refractivity (Wildman–Crippen MR) is 54.6 cm³/mol. The number of nitrogens with zero attached hydrogens (tertiary/aromatic N) is 1. The van der Waals surface area contributed by atoms with Crippen molar-refractivity contribution < 1.29 is 0 Å². The van der Waals surface area contributed by atoms with Crippen molar-refractivity contribution >= 4 is 17.3 Å². The number of nitrogens with one attached hydrogen (secondary N) is 2. The number of rotatable bonds is 3. The molecule has 1 rings (SSSR count). The van der Waals surface area contributed by atoms with E-state index in [1.54, 1.807) is 0 Å². The minimum atomic E-state index is -0.0785. The number of hydrazine groups is 1. The molecule has 1 heterocycles. The van der Waals surface area contributed by atoms with Gasteiger partial charge in [-0.05, 0) is 32.5 Å². The van der Waals surface area contributed by atoms with E-state index in [9.17, 15) is 0 Å². The summed E-state index contributed by atoms with van der Waals surface area (Å²) in [5, 5.41) is 6.02. The quantitative estimate of drug-likeness (QED) is 0.650. The second-order valence-corrected chi connectivity index (χ2v) is 4.06. The lowest BCUT2D eigenvalue weighted by molar-refractivity contribution is 0.247. The van der Waals surface area contributed by atoms with Crippen LogP contribution in [0.3, 0.4) is 0 Å². The van der Waals surface area contributed by atoms with Crippen LogP contribution >= 0.6 is 12.2 Å². The zero-order valence-electron chi connectivity index (χ0n) is 7.98. The molecule has 0 amide bonds. The molecule has 0 aliphatic carbocycles. The molecule has 2 N–H and O–H groups in total. The number of hydrogen-bond acceptors (Lipinski definition) is 2. The van der Waals surface area contributed by atoms with Gasteiger partial charge in [-0.2, -0.15) is 0 Å². The van der Waals surface area contributed by atoms with Gasteiger partial charge in [0, 0.05) is 6.54 Å². The van der Waals surface area contributed by atoms with Crippen LogP contribution in [0.25, 0.3) is 0 Å². The van der Waals surface area contributed by atoms with Crippen molar-refractivity contribution in [2.24, 2.45) is 0 Å². The van der Waals surface area contributed by atoms with Crippen molar-refractivity contribution in [2.45, 2.75) is 39.3 Å². The van der Waals surface area contributed by atoms with E-state index in [1.807, 2.05) is 5.01 Å². The van der Waals surface area contributed by atoms with Gasteiger partial charge in [0.2, 0.25) is 0 Å². The summed E-state index contributed by atoms with van der Waals surface area (Å²) in [5.41, 5.74) is 3.22. The molecular formula is C8H17N3S. The molecular weight excluding hydrogens is 170 g/mol. The molecule has 0 unspecified atom stereocenters. The van der Waals surface area contributed by atoms with Gasteiger partial charge in [-0.15, -0.1) is 0 Å². The maximum atomic E-state index is 5.16. The van der Waals surface area contributed by atoms with E-state index < -0.39 is 0 Å². The molecule has 1 fully saturated rings. The van der Waals surface area contributed by atoms with E-state index in [0.717, 1.165) is 11.7 Å². The van der Waals surface area contributed by atoms with Gasteiger partial charge in [-0.25, -0.2) is 5.43 Å². The van der Waals surface area contributed by atoms with Gasteiger partial charge in [-0.1, -0.05) is 13.3 Å². The fraction of sp³-hybridized carbons (Fsp3) is 0.875. The van der Waals surface area contributed by atoms with Gasteiger partial charge >= 0.3 is 0 Å².